The normalized spacial score (nSPS) is 5.00. The van der Waals surface area contributed by atoms with E-state index >= 15 is 0 Å². The number of aromatic nitrogens is 2. The maximum atomic E-state index is 2.74. The molecule has 0 saturated heterocycles. The van der Waals surface area contributed by atoms with E-state index in [-0.39, 0.29) is 68.7 Å². The fourth-order valence-electron chi connectivity index (χ4n) is 0.481. The number of hydrogen-bond acceptors (Lipinski definition) is 0. The molecule has 2 aromatic rings. The Labute approximate surface area is 127 Å². The van der Waals surface area contributed by atoms with Crippen LogP contribution in [0.5, 0.6) is 0 Å². The molecule has 0 atom stereocenters. The maximum Gasteiger partial charge on any atom is 6.00 e. The first-order chi connectivity index (χ1) is 5.00. The molecule has 2 nitrogen and oxygen atoms in total. The van der Waals surface area contributed by atoms with Crippen LogP contribution in [0, 0.1) is 42.1 Å². The van der Waals surface area contributed by atoms with E-state index in [4.69, 9.17) is 0 Å². The van der Waals surface area contributed by atoms with Gasteiger partial charge in [0.25, 0.3) is 0 Å². The van der Waals surface area contributed by atoms with Crippen LogP contribution in [0.4, 0.5) is 0 Å². The summed E-state index contributed by atoms with van der Waals surface area (Å²) < 4.78 is 0. The summed E-state index contributed by atoms with van der Waals surface area (Å²) >= 11 is 0. The van der Waals surface area contributed by atoms with Crippen molar-refractivity contribution in [2.24, 2.45) is 0 Å². The third kappa shape index (κ3) is 23.5. The zero-order chi connectivity index (χ0) is 7.07. The molecule has 0 fully saturated rings. The molecule has 0 spiro atoms. The number of rotatable bonds is 0. The van der Waals surface area contributed by atoms with Crippen molar-refractivity contribution < 1.29 is 39.0 Å². The van der Waals surface area contributed by atoms with Crippen molar-refractivity contribution in [2.75, 3.05) is 0 Å². The first-order valence-corrected chi connectivity index (χ1v) is 2.99. The van der Waals surface area contributed by atoms with Crippen molar-refractivity contribution in [1.29, 1.82) is 0 Å². The van der Waals surface area contributed by atoms with Crippen LogP contribution in [0.25, 0.3) is 0 Å². The van der Waals surface area contributed by atoms with E-state index < -0.39 is 0 Å². The molecule has 0 bridgehead atoms. The van der Waals surface area contributed by atoms with Gasteiger partial charge in [-0.25, -0.2) is 0 Å². The van der Waals surface area contributed by atoms with Crippen molar-refractivity contribution in [2.45, 2.75) is 0 Å². The summed E-state index contributed by atoms with van der Waals surface area (Å²) in [4.78, 5) is 5.47. The molecule has 4 heteroatoms. The van der Waals surface area contributed by atoms with Gasteiger partial charge in [-0.1, -0.05) is 0 Å². The molecule has 0 aliphatic carbocycles. The summed E-state index contributed by atoms with van der Waals surface area (Å²) in [6, 6.07) is 7.42. The second-order valence-corrected chi connectivity index (χ2v) is 1.63. The van der Waals surface area contributed by atoms with Crippen LogP contribution in [0.2, 0.25) is 0 Å². The molecular formula is C12H20N2Ru2. The Morgan fingerprint density at radius 1 is 0.688 bits per heavy atom. The summed E-state index contributed by atoms with van der Waals surface area (Å²) in [5.74, 6) is 0. The van der Waals surface area contributed by atoms with Crippen LogP contribution < -0.4 is 0 Å². The van der Waals surface area contributed by atoms with Crippen molar-refractivity contribution in [3.8, 4) is 0 Å². The summed E-state index contributed by atoms with van der Waals surface area (Å²) in [6.45, 7) is 0. The molecule has 0 aliphatic heterocycles. The second kappa shape index (κ2) is 29.3. The van der Waals surface area contributed by atoms with Gasteiger partial charge in [0.1, 0.15) is 0 Å². The van der Waals surface area contributed by atoms with Gasteiger partial charge in [-0.3, -0.25) is 0 Å². The molecule has 16 heavy (non-hydrogen) atoms. The molecule has 0 unspecified atom stereocenters. The molecule has 2 rings (SSSR count). The van der Waals surface area contributed by atoms with Crippen molar-refractivity contribution in [1.82, 2.24) is 9.97 Å². The van der Waals surface area contributed by atoms with Crippen LogP contribution in [-0.4, -0.2) is 9.97 Å². The third-order valence-corrected chi connectivity index (χ3v) is 0.885. The Bertz CT molecular complexity index is 156. The quantitative estimate of drug-likeness (QED) is 0.507. The Kier molecular flexibility index (Phi) is 66.1. The second-order valence-electron chi connectivity index (χ2n) is 1.63. The van der Waals surface area contributed by atoms with E-state index in [1.807, 2.05) is 36.7 Å². The molecular weight excluding hydrogens is 374 g/mol. The molecule has 0 aromatic carbocycles. The van der Waals surface area contributed by atoms with Crippen LogP contribution >= 0.6 is 0 Å². The average Bonchev–Trinajstić information content (AvgIpc) is 2.67. The van der Waals surface area contributed by atoms with Crippen LogP contribution in [0.3, 0.4) is 0 Å². The first-order valence-electron chi connectivity index (χ1n) is 2.99. The van der Waals surface area contributed by atoms with Gasteiger partial charge in [0.2, 0.25) is 0 Å². The Morgan fingerprint density at radius 3 is 1.06 bits per heavy atom. The minimum Gasteiger partial charge on any atom is -0.484 e. The molecule has 0 amide bonds. The van der Waals surface area contributed by atoms with Gasteiger partial charge in [-0.15, -0.1) is 12.4 Å². The number of nitrogens with one attached hydrogen (secondary N) is 2. The predicted octanol–water partition coefficient (Wildman–Crippen LogP) is 3.43. The van der Waals surface area contributed by atoms with Gasteiger partial charge >= 0.3 is 19.5 Å². The summed E-state index contributed by atoms with van der Waals surface area (Å²) in [5.41, 5.74) is 0. The standard InChI is InChI=1S/2C4H4N.4CH3.2Ru/c2*1-2-4-5-3-1;;;;;;/h2*1-3,5H;4*1H3;;/q6*-1;;+6. The first kappa shape index (κ1) is 36.0. The fraction of sp³-hybridized carbons (Fsp3) is 0. The van der Waals surface area contributed by atoms with Crippen LogP contribution in [0.1, 0.15) is 0 Å². The predicted molar refractivity (Wildman–Crippen MR) is 64.9 cm³/mol. The molecule has 2 N–H and O–H groups in total. The molecule has 2 aromatic heterocycles. The van der Waals surface area contributed by atoms with Crippen molar-refractivity contribution in [3.05, 3.63) is 78.8 Å². The SMILES string of the molecule is [CH3-].[CH3-].[CH3-].[CH3-].[Ru+6].[Ru].[c-]1ccc[nH]1.[c-]1ccc[nH]1. The Hall–Kier alpha value is -0.193. The molecule has 0 saturated carbocycles. The molecule has 2 heterocycles. The molecule has 0 radical (unpaired) electrons. The molecule has 94 valence electrons. The fourth-order valence-corrected chi connectivity index (χ4v) is 0.481. The smallest absolute Gasteiger partial charge is 0.484 e. The van der Waals surface area contributed by atoms with Gasteiger partial charge in [0.15, 0.2) is 0 Å². The van der Waals surface area contributed by atoms with E-state index in [1.54, 1.807) is 0 Å². The Morgan fingerprint density at radius 2 is 1.00 bits per heavy atom. The maximum absolute atomic E-state index is 2.74. The minimum absolute atomic E-state index is 0. The van der Waals surface area contributed by atoms with Crippen molar-refractivity contribution >= 4 is 0 Å². The largest absolute Gasteiger partial charge is 6.00 e. The van der Waals surface area contributed by atoms with Gasteiger partial charge in [-0.05, 0) is 0 Å². The number of hydrogen-bond donors (Lipinski definition) is 2. The third-order valence-electron chi connectivity index (χ3n) is 0.885. The Balaban J connectivity index is -0.0000000227. The van der Waals surface area contributed by atoms with E-state index in [9.17, 15) is 0 Å². The van der Waals surface area contributed by atoms with E-state index in [2.05, 4.69) is 22.4 Å². The zero-order valence-corrected chi connectivity index (χ0v) is 13.6. The summed E-state index contributed by atoms with van der Waals surface area (Å²) in [5, 5.41) is 0. The zero-order valence-electron chi connectivity index (χ0n) is 10.2. The summed E-state index contributed by atoms with van der Waals surface area (Å²) in [7, 11) is 0. The number of H-pyrrole nitrogens is 2. The van der Waals surface area contributed by atoms with Gasteiger partial charge in [0, 0.05) is 19.5 Å². The van der Waals surface area contributed by atoms with Crippen LogP contribution in [0.15, 0.2) is 36.7 Å². The average molecular weight is 394 g/mol. The monoisotopic (exact) mass is 396 g/mol. The molecule has 0 aliphatic rings. The summed E-state index contributed by atoms with van der Waals surface area (Å²) in [6.07, 6.45) is 9.11. The topological polar surface area (TPSA) is 31.6 Å². The van der Waals surface area contributed by atoms with E-state index in [0.717, 1.165) is 0 Å². The van der Waals surface area contributed by atoms with Gasteiger partial charge in [0.05, 0.1) is 0 Å². The van der Waals surface area contributed by atoms with E-state index in [0.29, 0.717) is 0 Å². The number of aromatic amines is 2. The van der Waals surface area contributed by atoms with E-state index in [1.165, 1.54) is 0 Å². The van der Waals surface area contributed by atoms with Gasteiger partial charge in [-0.2, -0.15) is 36.7 Å². The minimum atomic E-state index is 0. The van der Waals surface area contributed by atoms with Gasteiger partial charge < -0.3 is 39.7 Å². The van der Waals surface area contributed by atoms with Crippen LogP contribution in [-0.2, 0) is 39.0 Å². The van der Waals surface area contributed by atoms with Crippen molar-refractivity contribution in [3.63, 3.8) is 0 Å².